The highest BCUT2D eigenvalue weighted by Gasteiger charge is 2.25. The lowest BCUT2D eigenvalue weighted by atomic mass is 10.1. The van der Waals surface area contributed by atoms with Gasteiger partial charge in [-0.25, -0.2) is 0 Å². The third kappa shape index (κ3) is 9.38. The van der Waals surface area contributed by atoms with Crippen molar-refractivity contribution in [3.05, 3.63) is 40.6 Å². The minimum atomic E-state index is -0.894. The van der Waals surface area contributed by atoms with E-state index in [9.17, 15) is 28.8 Å². The van der Waals surface area contributed by atoms with Crippen LogP contribution in [0.15, 0.2) is 39.5 Å². The fraction of sp³-hybridized carbons (Fsp3) is 0.310. The van der Waals surface area contributed by atoms with Crippen molar-refractivity contribution in [1.82, 2.24) is 0 Å². The van der Waals surface area contributed by atoms with Crippen molar-refractivity contribution < 1.29 is 52.1 Å². The molecule has 0 saturated carbocycles. The van der Waals surface area contributed by atoms with Gasteiger partial charge in [0.1, 0.15) is 22.5 Å². The van der Waals surface area contributed by atoms with Gasteiger partial charge in [-0.3, -0.25) is 28.8 Å². The second kappa shape index (κ2) is 15.5. The summed E-state index contributed by atoms with van der Waals surface area (Å²) >= 11 is 0. The summed E-state index contributed by atoms with van der Waals surface area (Å²) in [5, 5.41) is -0.276. The molecular formula is C29H30ClNO12. The number of fused-ring (bicyclic) bond motifs is 1. The molecule has 1 aromatic heterocycles. The van der Waals surface area contributed by atoms with Crippen LogP contribution in [0.5, 0.6) is 28.7 Å². The molecule has 0 saturated heterocycles. The number of nitrogens with two attached hydrogens (primary N) is 1. The van der Waals surface area contributed by atoms with E-state index in [1.54, 1.807) is 0 Å². The summed E-state index contributed by atoms with van der Waals surface area (Å²) < 4.78 is 32.1. The summed E-state index contributed by atoms with van der Waals surface area (Å²) in [4.78, 5) is 73.2. The van der Waals surface area contributed by atoms with Crippen LogP contribution in [0.3, 0.4) is 0 Å². The van der Waals surface area contributed by atoms with Crippen molar-refractivity contribution in [2.24, 2.45) is 5.73 Å². The summed E-state index contributed by atoms with van der Waals surface area (Å²) in [6, 6.07) is 6.28. The van der Waals surface area contributed by atoms with Gasteiger partial charge < -0.3 is 33.8 Å². The summed E-state index contributed by atoms with van der Waals surface area (Å²) in [5.41, 5.74) is 4.48. The number of carbonyl (C=O) groups is 5. The Morgan fingerprint density at radius 3 is 1.95 bits per heavy atom. The first-order chi connectivity index (χ1) is 19.9. The molecule has 14 heteroatoms. The molecule has 0 atom stereocenters. The van der Waals surface area contributed by atoms with E-state index in [2.05, 4.69) is 0 Å². The van der Waals surface area contributed by atoms with Crippen molar-refractivity contribution in [2.45, 2.75) is 53.4 Å². The topological polar surface area (TPSA) is 188 Å². The Kier molecular flexibility index (Phi) is 12.4. The standard InChI is InChI=1S/C29H29NO12.ClH/c1-15(31)37-20-13-23(39-17(3)33)26-24(14-20)42-28(29(27(26)36)40-18(4)34)19-9-10-21(38-16(2)32)22(12-19)41-25(35)8-6-5-7-11-30;/h9-10,12-14H,5-8,11,30H2,1-4H3;1H. The number of hydrogen-bond donors (Lipinski definition) is 1. The van der Waals surface area contributed by atoms with E-state index >= 15 is 0 Å². The van der Waals surface area contributed by atoms with Crippen LogP contribution >= 0.6 is 12.4 Å². The Hall–Kier alpha value is -4.75. The highest BCUT2D eigenvalue weighted by Crippen LogP contribution is 2.40. The summed E-state index contributed by atoms with van der Waals surface area (Å²) in [5.74, 6) is -5.17. The predicted molar refractivity (Wildman–Crippen MR) is 154 cm³/mol. The van der Waals surface area contributed by atoms with Crippen LogP contribution in [-0.2, 0) is 24.0 Å². The average molecular weight is 620 g/mol. The van der Waals surface area contributed by atoms with Gasteiger partial charge >= 0.3 is 29.8 Å². The smallest absolute Gasteiger partial charge is 0.311 e. The molecule has 0 aliphatic heterocycles. The molecule has 13 nitrogen and oxygen atoms in total. The predicted octanol–water partition coefficient (Wildman–Crippen LogP) is 4.01. The Bertz CT molecular complexity index is 1610. The molecule has 0 aliphatic rings. The number of carbonyl (C=O) groups excluding carboxylic acids is 5. The van der Waals surface area contributed by atoms with Crippen molar-refractivity contribution in [2.75, 3.05) is 6.54 Å². The molecule has 3 aromatic rings. The zero-order chi connectivity index (χ0) is 31.0. The van der Waals surface area contributed by atoms with Gasteiger partial charge in [-0.1, -0.05) is 6.42 Å². The van der Waals surface area contributed by atoms with Crippen molar-refractivity contribution >= 4 is 53.2 Å². The Labute approximate surface area is 251 Å². The summed E-state index contributed by atoms with van der Waals surface area (Å²) in [6.45, 7) is 4.95. The van der Waals surface area contributed by atoms with E-state index < -0.39 is 41.0 Å². The lowest BCUT2D eigenvalue weighted by Crippen LogP contribution is -2.15. The Balaban J connectivity index is 0.00000645. The largest absolute Gasteiger partial charge is 0.452 e. The monoisotopic (exact) mass is 619 g/mol. The molecule has 2 N–H and O–H groups in total. The number of ether oxygens (including phenoxy) is 5. The highest BCUT2D eigenvalue weighted by atomic mass is 35.5. The maximum Gasteiger partial charge on any atom is 0.311 e. The van der Waals surface area contributed by atoms with Crippen LogP contribution in [0.4, 0.5) is 0 Å². The quantitative estimate of drug-likeness (QED) is 0.184. The molecule has 43 heavy (non-hydrogen) atoms. The molecule has 0 unspecified atom stereocenters. The van der Waals surface area contributed by atoms with E-state index in [1.807, 2.05) is 0 Å². The molecule has 0 fully saturated rings. The number of esters is 5. The fourth-order valence-corrected chi connectivity index (χ4v) is 3.86. The van der Waals surface area contributed by atoms with Gasteiger partial charge in [0.25, 0.3) is 0 Å². The molecule has 2 aromatic carbocycles. The molecule has 1 heterocycles. The van der Waals surface area contributed by atoms with E-state index in [1.165, 1.54) is 24.3 Å². The highest BCUT2D eigenvalue weighted by molar-refractivity contribution is 5.92. The average Bonchev–Trinajstić information content (AvgIpc) is 2.87. The number of halogens is 1. The molecule has 0 radical (unpaired) electrons. The van der Waals surface area contributed by atoms with Crippen LogP contribution < -0.4 is 34.8 Å². The first kappa shape index (κ1) is 34.5. The summed E-state index contributed by atoms with van der Waals surface area (Å²) in [7, 11) is 0. The van der Waals surface area contributed by atoms with Gasteiger partial charge in [0, 0.05) is 51.8 Å². The van der Waals surface area contributed by atoms with Crippen LogP contribution in [0, 0.1) is 0 Å². The zero-order valence-corrected chi connectivity index (χ0v) is 24.6. The van der Waals surface area contributed by atoms with Crippen LogP contribution in [-0.4, -0.2) is 36.4 Å². The lowest BCUT2D eigenvalue weighted by molar-refractivity contribution is -0.136. The SMILES string of the molecule is CC(=O)Oc1cc(OC(C)=O)c2c(=O)c(OC(C)=O)c(-c3ccc(OC(C)=O)c(OC(=O)CCCCCN)c3)oc2c1.Cl. The van der Waals surface area contributed by atoms with Gasteiger partial charge in [0.15, 0.2) is 17.3 Å². The van der Waals surface area contributed by atoms with E-state index in [4.69, 9.17) is 33.8 Å². The minimum absolute atomic E-state index is 0. The number of benzene rings is 2. The van der Waals surface area contributed by atoms with Crippen molar-refractivity contribution in [3.63, 3.8) is 0 Å². The maximum atomic E-state index is 13.6. The molecule has 0 bridgehead atoms. The van der Waals surface area contributed by atoms with E-state index in [0.29, 0.717) is 19.4 Å². The van der Waals surface area contributed by atoms with Crippen molar-refractivity contribution in [3.8, 4) is 40.1 Å². The van der Waals surface area contributed by atoms with E-state index in [-0.39, 0.29) is 64.1 Å². The van der Waals surface area contributed by atoms with Gasteiger partial charge in [0.05, 0.1) is 0 Å². The molecule has 0 aliphatic carbocycles. The molecule has 230 valence electrons. The van der Waals surface area contributed by atoms with Crippen LogP contribution in [0.25, 0.3) is 22.3 Å². The van der Waals surface area contributed by atoms with Crippen LogP contribution in [0.2, 0.25) is 0 Å². The second-order valence-electron chi connectivity index (χ2n) is 8.99. The van der Waals surface area contributed by atoms with Crippen LogP contribution in [0.1, 0.15) is 53.4 Å². The fourth-order valence-electron chi connectivity index (χ4n) is 3.86. The lowest BCUT2D eigenvalue weighted by Gasteiger charge is -2.15. The number of hydrogen-bond acceptors (Lipinski definition) is 13. The first-order valence-corrected chi connectivity index (χ1v) is 12.8. The molecule has 3 rings (SSSR count). The third-order valence-corrected chi connectivity index (χ3v) is 5.42. The molecular weight excluding hydrogens is 590 g/mol. The normalized spacial score (nSPS) is 10.3. The Morgan fingerprint density at radius 1 is 0.721 bits per heavy atom. The molecule has 0 spiro atoms. The third-order valence-electron chi connectivity index (χ3n) is 5.42. The Morgan fingerprint density at radius 2 is 1.35 bits per heavy atom. The van der Waals surface area contributed by atoms with E-state index in [0.717, 1.165) is 40.2 Å². The van der Waals surface area contributed by atoms with Gasteiger partial charge in [0.2, 0.25) is 11.2 Å². The second-order valence-corrected chi connectivity index (χ2v) is 8.99. The van der Waals surface area contributed by atoms with Gasteiger partial charge in [-0.05, 0) is 37.6 Å². The first-order valence-electron chi connectivity index (χ1n) is 12.8. The number of unbranched alkanes of at least 4 members (excludes halogenated alkanes) is 2. The van der Waals surface area contributed by atoms with Gasteiger partial charge in [-0.2, -0.15) is 0 Å². The minimum Gasteiger partial charge on any atom is -0.452 e. The maximum absolute atomic E-state index is 13.6. The van der Waals surface area contributed by atoms with Crippen molar-refractivity contribution in [1.29, 1.82) is 0 Å². The summed E-state index contributed by atoms with van der Waals surface area (Å²) in [6.07, 6.45) is 2.02. The van der Waals surface area contributed by atoms with Gasteiger partial charge in [-0.15, -0.1) is 12.4 Å². The zero-order valence-electron chi connectivity index (χ0n) is 23.8. The number of rotatable bonds is 11. The molecule has 0 amide bonds.